The maximum absolute atomic E-state index is 6.28. The van der Waals surface area contributed by atoms with Crippen LogP contribution in [0, 0.1) is 0 Å². The van der Waals surface area contributed by atoms with Crippen molar-refractivity contribution in [3.63, 3.8) is 0 Å². The largest absolute Gasteiger partial charge is 0.481 e. The molecule has 0 radical (unpaired) electrons. The smallest absolute Gasteiger partial charge is 0.169 e. The Balaban J connectivity index is 1.66. The summed E-state index contributed by atoms with van der Waals surface area (Å²) in [5, 5.41) is 7.03. The molecule has 0 saturated carbocycles. The van der Waals surface area contributed by atoms with Crippen LogP contribution >= 0.6 is 0 Å². The average molecular weight is 312 g/mol. The SMILES string of the molecule is c1ccc(C2=NN(c3ccccc3)C3c4ccccc4OC23)cc1. The highest BCUT2D eigenvalue weighted by molar-refractivity contribution is 6.07. The Labute approximate surface area is 140 Å². The monoisotopic (exact) mass is 312 g/mol. The van der Waals surface area contributed by atoms with Crippen molar-refractivity contribution >= 4 is 11.4 Å². The van der Waals surface area contributed by atoms with Gasteiger partial charge in [0.2, 0.25) is 0 Å². The van der Waals surface area contributed by atoms with Gasteiger partial charge in [0.05, 0.1) is 5.69 Å². The number of ether oxygens (including phenoxy) is 1. The van der Waals surface area contributed by atoms with Gasteiger partial charge in [-0.2, -0.15) is 5.10 Å². The van der Waals surface area contributed by atoms with Gasteiger partial charge >= 0.3 is 0 Å². The molecule has 3 nitrogen and oxygen atoms in total. The fraction of sp³-hybridized carbons (Fsp3) is 0.0952. The average Bonchev–Trinajstić information content (AvgIpc) is 3.20. The van der Waals surface area contributed by atoms with Crippen LogP contribution in [0.4, 0.5) is 5.69 Å². The molecule has 0 N–H and O–H groups in total. The Hall–Kier alpha value is -3.07. The van der Waals surface area contributed by atoms with Crippen LogP contribution in [0.3, 0.4) is 0 Å². The third-order valence-corrected chi connectivity index (χ3v) is 4.62. The Bertz CT molecular complexity index is 905. The maximum atomic E-state index is 6.28. The lowest BCUT2D eigenvalue weighted by molar-refractivity contribution is 0.283. The summed E-state index contributed by atoms with van der Waals surface area (Å²) in [6, 6.07) is 28.9. The first kappa shape index (κ1) is 13.4. The molecular weight excluding hydrogens is 296 g/mol. The van der Waals surface area contributed by atoms with E-state index in [1.807, 2.05) is 48.5 Å². The van der Waals surface area contributed by atoms with Crippen molar-refractivity contribution in [1.29, 1.82) is 0 Å². The lowest BCUT2D eigenvalue weighted by atomic mass is 9.97. The second kappa shape index (κ2) is 5.24. The van der Waals surface area contributed by atoms with Gasteiger partial charge in [-0.25, -0.2) is 0 Å². The van der Waals surface area contributed by atoms with Crippen LogP contribution in [0.15, 0.2) is 90.0 Å². The van der Waals surface area contributed by atoms with Gasteiger partial charge in [0.1, 0.15) is 17.5 Å². The maximum Gasteiger partial charge on any atom is 0.169 e. The zero-order chi connectivity index (χ0) is 15.9. The summed E-state index contributed by atoms with van der Waals surface area (Å²) in [4.78, 5) is 0. The topological polar surface area (TPSA) is 24.8 Å². The molecule has 0 amide bonds. The molecule has 2 atom stereocenters. The van der Waals surface area contributed by atoms with Crippen molar-refractivity contribution in [3.8, 4) is 5.75 Å². The van der Waals surface area contributed by atoms with Crippen LogP contribution in [0.1, 0.15) is 17.2 Å². The number of fused-ring (bicyclic) bond motifs is 3. The van der Waals surface area contributed by atoms with E-state index in [9.17, 15) is 0 Å². The zero-order valence-electron chi connectivity index (χ0n) is 13.0. The van der Waals surface area contributed by atoms with E-state index in [0.717, 1.165) is 22.7 Å². The van der Waals surface area contributed by atoms with Crippen molar-refractivity contribution in [2.45, 2.75) is 12.1 Å². The van der Waals surface area contributed by atoms with E-state index in [4.69, 9.17) is 9.84 Å². The molecule has 3 aromatic rings. The number of anilines is 1. The second-order valence-corrected chi connectivity index (χ2v) is 6.05. The van der Waals surface area contributed by atoms with Crippen LogP contribution < -0.4 is 9.75 Å². The van der Waals surface area contributed by atoms with Crippen LogP contribution in [-0.4, -0.2) is 11.8 Å². The van der Waals surface area contributed by atoms with E-state index in [-0.39, 0.29) is 12.1 Å². The number of hydrogen-bond acceptors (Lipinski definition) is 3. The Morgan fingerprint density at radius 3 is 2.21 bits per heavy atom. The van der Waals surface area contributed by atoms with E-state index >= 15 is 0 Å². The van der Waals surface area contributed by atoms with Gasteiger partial charge < -0.3 is 4.74 Å². The van der Waals surface area contributed by atoms with Gasteiger partial charge in [-0.15, -0.1) is 0 Å². The Morgan fingerprint density at radius 1 is 0.750 bits per heavy atom. The number of hydrogen-bond donors (Lipinski definition) is 0. The minimum absolute atomic E-state index is 0.0787. The summed E-state index contributed by atoms with van der Waals surface area (Å²) >= 11 is 0. The van der Waals surface area contributed by atoms with Crippen molar-refractivity contribution in [2.75, 3.05) is 5.01 Å². The van der Waals surface area contributed by atoms with E-state index < -0.39 is 0 Å². The third kappa shape index (κ3) is 1.95. The minimum atomic E-state index is -0.0787. The molecule has 2 heterocycles. The van der Waals surface area contributed by atoms with Crippen LogP contribution in [0.5, 0.6) is 5.75 Å². The van der Waals surface area contributed by atoms with Crippen LogP contribution in [0.25, 0.3) is 0 Å². The molecule has 0 fully saturated rings. The fourth-order valence-corrected chi connectivity index (χ4v) is 3.53. The van der Waals surface area contributed by atoms with Gasteiger partial charge in [-0.3, -0.25) is 5.01 Å². The number of rotatable bonds is 2. The molecule has 24 heavy (non-hydrogen) atoms. The standard InChI is InChI=1S/C21H16N2O/c1-3-9-15(10-4-1)19-21-20(17-13-7-8-14-18(17)24-21)23(22-19)16-11-5-2-6-12-16/h1-14,20-21H. The first-order valence-electron chi connectivity index (χ1n) is 8.15. The van der Waals surface area contributed by atoms with Crippen molar-refractivity contribution < 1.29 is 4.74 Å². The molecule has 2 aliphatic heterocycles. The summed E-state index contributed by atoms with van der Waals surface area (Å²) in [7, 11) is 0. The molecule has 0 spiro atoms. The molecule has 2 unspecified atom stereocenters. The van der Waals surface area contributed by atoms with Crippen LogP contribution in [-0.2, 0) is 0 Å². The quantitative estimate of drug-likeness (QED) is 0.700. The first-order chi connectivity index (χ1) is 11.9. The lowest BCUT2D eigenvalue weighted by Gasteiger charge is -2.22. The molecule has 3 aromatic carbocycles. The third-order valence-electron chi connectivity index (χ3n) is 4.62. The zero-order valence-corrected chi connectivity index (χ0v) is 13.0. The molecule has 0 aromatic heterocycles. The minimum Gasteiger partial charge on any atom is -0.481 e. The number of benzene rings is 3. The van der Waals surface area contributed by atoms with Gasteiger partial charge in [-0.05, 0) is 18.2 Å². The van der Waals surface area contributed by atoms with Crippen molar-refractivity contribution in [1.82, 2.24) is 0 Å². The van der Waals surface area contributed by atoms with E-state index in [2.05, 4.69) is 41.4 Å². The molecular formula is C21H16N2O. The Kier molecular flexibility index (Phi) is 2.92. The normalized spacial score (nSPS) is 21.0. The highest BCUT2D eigenvalue weighted by Gasteiger charge is 2.46. The number of hydrazone groups is 1. The highest BCUT2D eigenvalue weighted by Crippen LogP contribution is 2.46. The summed E-state index contributed by atoms with van der Waals surface area (Å²) in [6.45, 7) is 0. The first-order valence-corrected chi connectivity index (χ1v) is 8.15. The summed E-state index contributed by atoms with van der Waals surface area (Å²) < 4.78 is 6.28. The van der Waals surface area contributed by atoms with E-state index in [1.165, 1.54) is 5.56 Å². The molecule has 0 bridgehead atoms. The molecule has 2 aliphatic rings. The summed E-state index contributed by atoms with van der Waals surface area (Å²) in [5.41, 5.74) is 4.37. The second-order valence-electron chi connectivity index (χ2n) is 6.05. The predicted octanol–water partition coefficient (Wildman–Crippen LogP) is 4.41. The van der Waals surface area contributed by atoms with Crippen molar-refractivity contribution in [3.05, 3.63) is 96.1 Å². The molecule has 0 saturated heterocycles. The van der Waals surface area contributed by atoms with Gasteiger partial charge in [0, 0.05) is 11.1 Å². The lowest BCUT2D eigenvalue weighted by Crippen LogP contribution is -2.29. The van der Waals surface area contributed by atoms with Gasteiger partial charge in [0.25, 0.3) is 0 Å². The highest BCUT2D eigenvalue weighted by atomic mass is 16.5. The summed E-state index contributed by atoms with van der Waals surface area (Å²) in [5.74, 6) is 0.955. The predicted molar refractivity (Wildman–Crippen MR) is 95.5 cm³/mol. The fourth-order valence-electron chi connectivity index (χ4n) is 3.53. The van der Waals surface area contributed by atoms with Gasteiger partial charge in [-0.1, -0.05) is 66.7 Å². The summed E-state index contributed by atoms with van der Waals surface area (Å²) in [6.07, 6.45) is -0.0787. The van der Waals surface area contributed by atoms with Crippen LogP contribution in [0.2, 0.25) is 0 Å². The van der Waals surface area contributed by atoms with Crippen molar-refractivity contribution in [2.24, 2.45) is 5.10 Å². The molecule has 116 valence electrons. The van der Waals surface area contributed by atoms with E-state index in [1.54, 1.807) is 0 Å². The number of nitrogens with zero attached hydrogens (tertiary/aromatic N) is 2. The Morgan fingerprint density at radius 2 is 1.42 bits per heavy atom. The molecule has 3 heteroatoms. The van der Waals surface area contributed by atoms with E-state index in [0.29, 0.717) is 0 Å². The van der Waals surface area contributed by atoms with Gasteiger partial charge in [0.15, 0.2) is 6.10 Å². The molecule has 0 aliphatic carbocycles. The molecule has 5 rings (SSSR count). The number of para-hydroxylation sites is 2.